The Morgan fingerprint density at radius 2 is 2.06 bits per heavy atom. The zero-order chi connectivity index (χ0) is 13.2. The molecule has 0 aliphatic carbocycles. The van der Waals surface area contributed by atoms with Gasteiger partial charge in [-0.1, -0.05) is 13.8 Å². The average Bonchev–Trinajstić information content (AvgIpc) is 2.88. The van der Waals surface area contributed by atoms with Crippen LogP contribution in [0.5, 0.6) is 0 Å². The molecule has 4 nitrogen and oxygen atoms in total. The predicted molar refractivity (Wildman–Crippen MR) is 71.4 cm³/mol. The maximum absolute atomic E-state index is 12.9. The van der Waals surface area contributed by atoms with E-state index < -0.39 is 0 Å². The number of nitrogens with zero attached hydrogens (tertiary/aromatic N) is 1. The van der Waals surface area contributed by atoms with Gasteiger partial charge in [0.15, 0.2) is 0 Å². The Hall–Kier alpha value is -0.610. The molecule has 1 unspecified atom stereocenters. The van der Waals surface area contributed by atoms with Crippen LogP contribution in [-0.4, -0.2) is 50.2 Å². The molecule has 1 amide bonds. The Bertz CT molecular complexity index is 292. The number of hydrogen-bond donors (Lipinski definition) is 1. The SMILES string of the molecule is CC(C)C1(C(=O)N(C)C2CCOCC2)CCNC1. The average molecular weight is 254 g/mol. The number of carbonyl (C=O) groups excluding carboxylic acids is 1. The van der Waals surface area contributed by atoms with Gasteiger partial charge in [0.25, 0.3) is 0 Å². The van der Waals surface area contributed by atoms with Crippen molar-refractivity contribution in [1.82, 2.24) is 10.2 Å². The van der Waals surface area contributed by atoms with Gasteiger partial charge in [-0.2, -0.15) is 0 Å². The molecule has 0 bridgehead atoms. The highest BCUT2D eigenvalue weighted by Gasteiger charge is 2.46. The number of nitrogens with one attached hydrogen (secondary N) is 1. The quantitative estimate of drug-likeness (QED) is 0.824. The second-order valence-corrected chi connectivity index (χ2v) is 6.00. The number of ether oxygens (including phenoxy) is 1. The first-order valence-electron chi connectivity index (χ1n) is 7.13. The molecular weight excluding hydrogens is 228 g/mol. The third-order valence-corrected chi connectivity index (χ3v) is 4.78. The van der Waals surface area contributed by atoms with E-state index in [-0.39, 0.29) is 5.41 Å². The van der Waals surface area contributed by atoms with Crippen LogP contribution in [0.1, 0.15) is 33.1 Å². The minimum Gasteiger partial charge on any atom is -0.381 e. The van der Waals surface area contributed by atoms with Crippen molar-refractivity contribution in [3.8, 4) is 0 Å². The lowest BCUT2D eigenvalue weighted by Crippen LogP contribution is -2.51. The fourth-order valence-electron chi connectivity index (χ4n) is 3.22. The number of amides is 1. The number of rotatable bonds is 3. The van der Waals surface area contributed by atoms with Crippen LogP contribution >= 0.6 is 0 Å². The molecule has 0 spiro atoms. The minimum absolute atomic E-state index is 0.187. The Labute approximate surface area is 110 Å². The highest BCUT2D eigenvalue weighted by molar-refractivity contribution is 5.83. The summed E-state index contributed by atoms with van der Waals surface area (Å²) in [4.78, 5) is 14.8. The van der Waals surface area contributed by atoms with Crippen LogP contribution in [0.2, 0.25) is 0 Å². The maximum atomic E-state index is 12.9. The summed E-state index contributed by atoms with van der Waals surface area (Å²) in [7, 11) is 1.97. The highest BCUT2D eigenvalue weighted by Crippen LogP contribution is 2.36. The van der Waals surface area contributed by atoms with Gasteiger partial charge in [0.2, 0.25) is 5.91 Å². The molecule has 0 radical (unpaired) electrons. The van der Waals surface area contributed by atoms with Crippen molar-refractivity contribution in [3.63, 3.8) is 0 Å². The van der Waals surface area contributed by atoms with Crippen molar-refractivity contribution < 1.29 is 9.53 Å². The van der Waals surface area contributed by atoms with Gasteiger partial charge in [-0.3, -0.25) is 4.79 Å². The van der Waals surface area contributed by atoms with Crippen molar-refractivity contribution in [2.75, 3.05) is 33.4 Å². The molecule has 1 atom stereocenters. The topological polar surface area (TPSA) is 41.6 Å². The van der Waals surface area contributed by atoms with E-state index in [9.17, 15) is 4.79 Å². The summed E-state index contributed by atoms with van der Waals surface area (Å²) in [6, 6.07) is 0.363. The highest BCUT2D eigenvalue weighted by atomic mass is 16.5. The molecule has 2 heterocycles. The molecule has 104 valence electrons. The van der Waals surface area contributed by atoms with E-state index in [2.05, 4.69) is 19.2 Å². The Morgan fingerprint density at radius 1 is 1.39 bits per heavy atom. The van der Waals surface area contributed by atoms with Crippen molar-refractivity contribution in [2.24, 2.45) is 11.3 Å². The van der Waals surface area contributed by atoms with Crippen LogP contribution in [0.25, 0.3) is 0 Å². The van der Waals surface area contributed by atoms with Crippen LogP contribution in [0.3, 0.4) is 0 Å². The van der Waals surface area contributed by atoms with E-state index in [1.165, 1.54) is 0 Å². The van der Waals surface area contributed by atoms with Gasteiger partial charge < -0.3 is 15.0 Å². The lowest BCUT2D eigenvalue weighted by atomic mass is 9.75. The third-order valence-electron chi connectivity index (χ3n) is 4.78. The molecule has 0 aromatic carbocycles. The van der Waals surface area contributed by atoms with E-state index in [0.29, 0.717) is 17.9 Å². The summed E-state index contributed by atoms with van der Waals surface area (Å²) < 4.78 is 5.38. The monoisotopic (exact) mass is 254 g/mol. The summed E-state index contributed by atoms with van der Waals surface area (Å²) in [5, 5.41) is 3.36. The van der Waals surface area contributed by atoms with Crippen LogP contribution in [0.4, 0.5) is 0 Å². The zero-order valence-electron chi connectivity index (χ0n) is 11.9. The summed E-state index contributed by atoms with van der Waals surface area (Å²) in [6.07, 6.45) is 2.92. The van der Waals surface area contributed by atoms with Crippen molar-refractivity contribution in [2.45, 2.75) is 39.2 Å². The molecule has 2 aliphatic rings. The maximum Gasteiger partial charge on any atom is 0.230 e. The Kier molecular flexibility index (Phi) is 4.28. The molecule has 2 rings (SSSR count). The van der Waals surface area contributed by atoms with Crippen molar-refractivity contribution >= 4 is 5.91 Å². The van der Waals surface area contributed by atoms with E-state index in [1.807, 2.05) is 11.9 Å². The summed E-state index contributed by atoms with van der Waals surface area (Å²) in [5.74, 6) is 0.719. The summed E-state index contributed by atoms with van der Waals surface area (Å²) >= 11 is 0. The summed E-state index contributed by atoms with van der Waals surface area (Å²) in [5.41, 5.74) is -0.187. The third kappa shape index (κ3) is 2.41. The van der Waals surface area contributed by atoms with Gasteiger partial charge in [0, 0.05) is 32.8 Å². The first kappa shape index (κ1) is 13.8. The van der Waals surface area contributed by atoms with Gasteiger partial charge in [0.05, 0.1) is 5.41 Å². The largest absolute Gasteiger partial charge is 0.381 e. The minimum atomic E-state index is -0.187. The van der Waals surface area contributed by atoms with Crippen molar-refractivity contribution in [3.05, 3.63) is 0 Å². The Balaban J connectivity index is 2.08. The smallest absolute Gasteiger partial charge is 0.230 e. The van der Waals surface area contributed by atoms with E-state index in [0.717, 1.165) is 45.6 Å². The molecule has 0 saturated carbocycles. The van der Waals surface area contributed by atoms with Crippen LogP contribution in [0, 0.1) is 11.3 Å². The standard InChI is InChI=1S/C14H26N2O2/c1-11(2)14(6-7-15-10-14)13(17)16(3)12-4-8-18-9-5-12/h11-12,15H,4-10H2,1-3H3. The normalized spacial score (nSPS) is 29.8. The second-order valence-electron chi connectivity index (χ2n) is 6.00. The van der Waals surface area contributed by atoms with Gasteiger partial charge in [-0.25, -0.2) is 0 Å². The van der Waals surface area contributed by atoms with Crippen LogP contribution in [-0.2, 0) is 9.53 Å². The molecule has 1 N–H and O–H groups in total. The predicted octanol–water partition coefficient (Wildman–Crippen LogP) is 1.26. The van der Waals surface area contributed by atoms with Gasteiger partial charge in [0.1, 0.15) is 0 Å². The van der Waals surface area contributed by atoms with Crippen molar-refractivity contribution in [1.29, 1.82) is 0 Å². The van der Waals surface area contributed by atoms with E-state index >= 15 is 0 Å². The first-order chi connectivity index (χ1) is 8.58. The molecule has 2 saturated heterocycles. The molecule has 0 aromatic heterocycles. The number of hydrogen-bond acceptors (Lipinski definition) is 3. The molecule has 0 aromatic rings. The van der Waals surface area contributed by atoms with Gasteiger partial charge in [-0.15, -0.1) is 0 Å². The zero-order valence-corrected chi connectivity index (χ0v) is 11.9. The van der Waals surface area contributed by atoms with Crippen LogP contribution in [0.15, 0.2) is 0 Å². The Morgan fingerprint density at radius 3 is 2.56 bits per heavy atom. The molecule has 4 heteroatoms. The lowest BCUT2D eigenvalue weighted by Gasteiger charge is -2.39. The van der Waals surface area contributed by atoms with E-state index in [4.69, 9.17) is 4.74 Å². The molecule has 2 aliphatic heterocycles. The fraction of sp³-hybridized carbons (Fsp3) is 0.929. The van der Waals surface area contributed by atoms with Gasteiger partial charge in [-0.05, 0) is 31.7 Å². The molecular formula is C14H26N2O2. The van der Waals surface area contributed by atoms with Gasteiger partial charge >= 0.3 is 0 Å². The second kappa shape index (κ2) is 5.57. The fourth-order valence-corrected chi connectivity index (χ4v) is 3.22. The number of carbonyl (C=O) groups is 1. The molecule has 18 heavy (non-hydrogen) atoms. The molecule has 2 fully saturated rings. The van der Waals surface area contributed by atoms with E-state index in [1.54, 1.807) is 0 Å². The van der Waals surface area contributed by atoms with Crippen LogP contribution < -0.4 is 5.32 Å². The summed E-state index contributed by atoms with van der Waals surface area (Å²) in [6.45, 7) is 7.71. The first-order valence-corrected chi connectivity index (χ1v) is 7.13. The lowest BCUT2D eigenvalue weighted by molar-refractivity contribution is -0.146.